The van der Waals surface area contributed by atoms with Gasteiger partial charge in [0.15, 0.2) is 5.82 Å². The zero-order valence-electron chi connectivity index (χ0n) is 11.7. The summed E-state index contributed by atoms with van der Waals surface area (Å²) in [5.41, 5.74) is 9.28. The molecule has 5 heteroatoms. The summed E-state index contributed by atoms with van der Waals surface area (Å²) in [6, 6.07) is 6.13. The second kappa shape index (κ2) is 4.67. The fourth-order valence-electron chi connectivity index (χ4n) is 2.18. The highest BCUT2D eigenvalue weighted by Crippen LogP contribution is 2.27. The Hall–Kier alpha value is -2.30. The molecule has 1 fully saturated rings. The minimum Gasteiger partial charge on any atom is -0.398 e. The molecule has 0 unspecified atom stereocenters. The molecule has 1 aliphatic rings. The predicted octanol–water partition coefficient (Wildman–Crippen LogP) is 1.91. The van der Waals surface area contributed by atoms with E-state index in [1.54, 1.807) is 17.8 Å². The zero-order valence-corrected chi connectivity index (χ0v) is 11.7. The SMILES string of the molecule is Cc1c(N)cccc1-c1cn(C)c(=O)c(NC2CC2)n1. The summed E-state index contributed by atoms with van der Waals surface area (Å²) in [5.74, 6) is 0.425. The summed E-state index contributed by atoms with van der Waals surface area (Å²) < 4.78 is 1.57. The van der Waals surface area contributed by atoms with E-state index in [4.69, 9.17) is 5.73 Å². The van der Waals surface area contributed by atoms with Crippen LogP contribution in [0.4, 0.5) is 11.5 Å². The van der Waals surface area contributed by atoms with Crippen LogP contribution in [0, 0.1) is 6.92 Å². The Morgan fingerprint density at radius 1 is 1.40 bits per heavy atom. The van der Waals surface area contributed by atoms with E-state index >= 15 is 0 Å². The van der Waals surface area contributed by atoms with Crippen LogP contribution in [-0.2, 0) is 7.05 Å². The largest absolute Gasteiger partial charge is 0.398 e. The average molecular weight is 270 g/mol. The molecule has 0 saturated heterocycles. The van der Waals surface area contributed by atoms with Crippen molar-refractivity contribution in [1.82, 2.24) is 9.55 Å². The Morgan fingerprint density at radius 2 is 2.15 bits per heavy atom. The first-order chi connectivity index (χ1) is 9.56. The van der Waals surface area contributed by atoms with Crippen molar-refractivity contribution in [2.75, 3.05) is 11.1 Å². The first-order valence-corrected chi connectivity index (χ1v) is 6.76. The first-order valence-electron chi connectivity index (χ1n) is 6.76. The molecule has 2 aromatic rings. The van der Waals surface area contributed by atoms with Crippen LogP contribution in [0.3, 0.4) is 0 Å². The number of hydrogen-bond acceptors (Lipinski definition) is 4. The third-order valence-corrected chi connectivity index (χ3v) is 3.64. The molecule has 0 bridgehead atoms. The number of nitrogens with one attached hydrogen (secondary N) is 1. The number of aromatic nitrogens is 2. The second-order valence-electron chi connectivity index (χ2n) is 5.33. The van der Waals surface area contributed by atoms with Crippen molar-refractivity contribution >= 4 is 11.5 Å². The molecular formula is C15H18N4O. The van der Waals surface area contributed by atoms with Gasteiger partial charge in [0.2, 0.25) is 0 Å². The van der Waals surface area contributed by atoms with Gasteiger partial charge in [-0.3, -0.25) is 4.79 Å². The minimum absolute atomic E-state index is 0.0952. The maximum Gasteiger partial charge on any atom is 0.293 e. The number of aryl methyl sites for hydroxylation is 1. The van der Waals surface area contributed by atoms with Gasteiger partial charge in [0.1, 0.15) is 0 Å². The molecule has 1 aromatic carbocycles. The standard InChI is InChI=1S/C15H18N4O/c1-9-11(4-3-5-12(9)16)13-8-19(2)15(20)14(18-13)17-10-6-7-10/h3-5,8,10H,6-7,16H2,1-2H3,(H,17,18). The Bertz CT molecular complexity index is 716. The lowest BCUT2D eigenvalue weighted by Crippen LogP contribution is -2.23. The summed E-state index contributed by atoms with van der Waals surface area (Å²) in [7, 11) is 1.74. The van der Waals surface area contributed by atoms with E-state index in [2.05, 4.69) is 10.3 Å². The maximum absolute atomic E-state index is 12.1. The zero-order chi connectivity index (χ0) is 14.3. The third kappa shape index (κ3) is 2.27. The summed E-state index contributed by atoms with van der Waals surface area (Å²) in [4.78, 5) is 16.6. The van der Waals surface area contributed by atoms with Crippen molar-refractivity contribution in [1.29, 1.82) is 0 Å². The highest BCUT2D eigenvalue weighted by atomic mass is 16.1. The lowest BCUT2D eigenvalue weighted by molar-refractivity contribution is 0.842. The summed E-state index contributed by atoms with van der Waals surface area (Å²) in [5, 5.41) is 3.19. The quantitative estimate of drug-likeness (QED) is 0.836. The normalized spacial score (nSPS) is 14.3. The smallest absolute Gasteiger partial charge is 0.293 e. The van der Waals surface area contributed by atoms with Crippen LogP contribution in [0.1, 0.15) is 18.4 Å². The molecule has 3 N–H and O–H groups in total. The lowest BCUT2D eigenvalue weighted by Gasteiger charge is -2.11. The van der Waals surface area contributed by atoms with Crippen molar-refractivity contribution in [3.63, 3.8) is 0 Å². The molecule has 0 aliphatic heterocycles. The van der Waals surface area contributed by atoms with E-state index < -0.39 is 0 Å². The molecule has 0 atom stereocenters. The summed E-state index contributed by atoms with van der Waals surface area (Å²) in [6.45, 7) is 1.96. The summed E-state index contributed by atoms with van der Waals surface area (Å²) in [6.07, 6.45) is 3.96. The first kappa shape index (κ1) is 12.7. The fraction of sp³-hybridized carbons (Fsp3) is 0.333. The van der Waals surface area contributed by atoms with Gasteiger partial charge in [-0.1, -0.05) is 12.1 Å². The second-order valence-corrected chi connectivity index (χ2v) is 5.33. The molecule has 0 radical (unpaired) electrons. The number of rotatable bonds is 3. The Kier molecular flexibility index (Phi) is 2.97. The Balaban J connectivity index is 2.11. The van der Waals surface area contributed by atoms with E-state index in [0.717, 1.165) is 35.3 Å². The van der Waals surface area contributed by atoms with E-state index in [1.165, 1.54) is 0 Å². The van der Waals surface area contributed by atoms with E-state index in [9.17, 15) is 4.79 Å². The van der Waals surface area contributed by atoms with Crippen LogP contribution in [-0.4, -0.2) is 15.6 Å². The molecule has 3 rings (SSSR count). The molecule has 1 aromatic heterocycles. The minimum atomic E-state index is -0.0952. The van der Waals surface area contributed by atoms with Crippen molar-refractivity contribution in [3.8, 4) is 11.3 Å². The Morgan fingerprint density at radius 3 is 2.85 bits per heavy atom. The van der Waals surface area contributed by atoms with Crippen LogP contribution in [0.25, 0.3) is 11.3 Å². The molecular weight excluding hydrogens is 252 g/mol. The molecule has 1 heterocycles. The van der Waals surface area contributed by atoms with Gasteiger partial charge in [-0.2, -0.15) is 0 Å². The van der Waals surface area contributed by atoms with Gasteiger partial charge in [0, 0.05) is 30.5 Å². The third-order valence-electron chi connectivity index (χ3n) is 3.64. The highest BCUT2D eigenvalue weighted by molar-refractivity contribution is 5.70. The van der Waals surface area contributed by atoms with Crippen molar-refractivity contribution in [2.24, 2.45) is 7.05 Å². The lowest BCUT2D eigenvalue weighted by atomic mass is 10.0. The topological polar surface area (TPSA) is 72.9 Å². The van der Waals surface area contributed by atoms with Crippen LogP contribution >= 0.6 is 0 Å². The van der Waals surface area contributed by atoms with Crippen LogP contribution in [0.2, 0.25) is 0 Å². The molecule has 0 amide bonds. The van der Waals surface area contributed by atoms with Gasteiger partial charge >= 0.3 is 0 Å². The average Bonchev–Trinajstić information content (AvgIpc) is 3.22. The van der Waals surface area contributed by atoms with Crippen molar-refractivity contribution in [2.45, 2.75) is 25.8 Å². The van der Waals surface area contributed by atoms with E-state index in [1.807, 2.05) is 25.1 Å². The van der Waals surface area contributed by atoms with Gasteiger partial charge in [-0.05, 0) is 31.4 Å². The molecule has 1 aliphatic carbocycles. The predicted molar refractivity (Wildman–Crippen MR) is 80.7 cm³/mol. The number of hydrogen-bond donors (Lipinski definition) is 2. The van der Waals surface area contributed by atoms with Gasteiger partial charge in [-0.15, -0.1) is 0 Å². The Labute approximate surface area is 117 Å². The van der Waals surface area contributed by atoms with Crippen LogP contribution < -0.4 is 16.6 Å². The molecule has 5 nitrogen and oxygen atoms in total. The number of anilines is 2. The number of benzene rings is 1. The van der Waals surface area contributed by atoms with E-state index in [0.29, 0.717) is 11.9 Å². The number of nitrogen functional groups attached to an aromatic ring is 1. The monoisotopic (exact) mass is 270 g/mol. The molecule has 0 spiro atoms. The number of nitrogens with two attached hydrogens (primary N) is 1. The highest BCUT2D eigenvalue weighted by Gasteiger charge is 2.23. The number of nitrogens with zero attached hydrogens (tertiary/aromatic N) is 2. The molecule has 20 heavy (non-hydrogen) atoms. The summed E-state index contributed by atoms with van der Waals surface area (Å²) >= 11 is 0. The van der Waals surface area contributed by atoms with Crippen LogP contribution in [0.5, 0.6) is 0 Å². The van der Waals surface area contributed by atoms with Gasteiger partial charge in [0.25, 0.3) is 5.56 Å². The molecule has 104 valence electrons. The maximum atomic E-state index is 12.1. The van der Waals surface area contributed by atoms with Crippen LogP contribution in [0.15, 0.2) is 29.2 Å². The van der Waals surface area contributed by atoms with Gasteiger partial charge in [0.05, 0.1) is 5.69 Å². The van der Waals surface area contributed by atoms with E-state index in [-0.39, 0.29) is 5.56 Å². The van der Waals surface area contributed by atoms with Gasteiger partial charge < -0.3 is 15.6 Å². The fourth-order valence-corrected chi connectivity index (χ4v) is 2.18. The van der Waals surface area contributed by atoms with Crippen molar-refractivity contribution < 1.29 is 0 Å². The van der Waals surface area contributed by atoms with Crippen molar-refractivity contribution in [3.05, 3.63) is 40.3 Å². The van der Waals surface area contributed by atoms with Gasteiger partial charge in [-0.25, -0.2) is 4.98 Å². The molecule has 1 saturated carbocycles.